The van der Waals surface area contributed by atoms with Crippen LogP contribution in [0.25, 0.3) is 0 Å². The highest BCUT2D eigenvalue weighted by Crippen LogP contribution is 2.39. The van der Waals surface area contributed by atoms with Crippen LogP contribution in [-0.2, 0) is 18.9 Å². The Morgan fingerprint density at radius 2 is 1.54 bits per heavy atom. The van der Waals surface area contributed by atoms with E-state index >= 15 is 0 Å². The lowest BCUT2D eigenvalue weighted by atomic mass is 9.86. The van der Waals surface area contributed by atoms with Gasteiger partial charge in [-0.05, 0) is 27.7 Å². The first-order valence-electron chi connectivity index (χ1n) is 9.60. The molecule has 0 amide bonds. The van der Waals surface area contributed by atoms with Crippen molar-refractivity contribution in [3.05, 3.63) is 58.7 Å². The molecule has 2 rings (SSSR count). The highest BCUT2D eigenvalue weighted by atomic mass is 16.6. The Bertz CT molecular complexity index is 740. The standard InChI is InChI=1S/C21H30N2O5/c1-5-25-17-15(16(24)14-12-10-9-11-13-14)18(26-6-2)20(28-8-4)21(22,23)19(17)27-7-3/h9-13,19H,5-8,22-23H2,1-4H3. The van der Waals surface area contributed by atoms with Crippen LogP contribution in [0.4, 0.5) is 0 Å². The largest absolute Gasteiger partial charge is 0.494 e. The summed E-state index contributed by atoms with van der Waals surface area (Å²) in [5.74, 6) is 0.362. The molecule has 0 fully saturated rings. The summed E-state index contributed by atoms with van der Waals surface area (Å²) in [6, 6.07) is 8.88. The van der Waals surface area contributed by atoms with Crippen LogP contribution in [0.15, 0.2) is 53.2 Å². The average molecular weight is 390 g/mol. The van der Waals surface area contributed by atoms with Crippen molar-refractivity contribution in [1.29, 1.82) is 0 Å². The lowest BCUT2D eigenvalue weighted by Crippen LogP contribution is -2.64. The molecule has 1 aliphatic carbocycles. The van der Waals surface area contributed by atoms with Gasteiger partial charge in [-0.25, -0.2) is 0 Å². The van der Waals surface area contributed by atoms with Crippen LogP contribution in [0.2, 0.25) is 0 Å². The van der Waals surface area contributed by atoms with Gasteiger partial charge in [-0.2, -0.15) is 0 Å². The molecule has 0 aromatic heterocycles. The van der Waals surface area contributed by atoms with Gasteiger partial charge in [0.15, 0.2) is 29.1 Å². The van der Waals surface area contributed by atoms with E-state index < -0.39 is 11.8 Å². The zero-order chi connectivity index (χ0) is 20.7. The van der Waals surface area contributed by atoms with Crippen LogP contribution in [-0.4, -0.2) is 44.0 Å². The summed E-state index contributed by atoms with van der Waals surface area (Å²) in [6.45, 7) is 8.49. The second-order valence-electron chi connectivity index (χ2n) is 6.16. The Labute approximate surface area is 166 Å². The van der Waals surface area contributed by atoms with E-state index in [1.165, 1.54) is 0 Å². The molecule has 1 aromatic carbocycles. The molecular weight excluding hydrogens is 360 g/mol. The summed E-state index contributed by atoms with van der Waals surface area (Å²) in [6.07, 6.45) is -0.897. The molecule has 4 N–H and O–H groups in total. The summed E-state index contributed by atoms with van der Waals surface area (Å²) in [7, 11) is 0. The SMILES string of the molecule is CCOC1=C(OCC)C(N)(N)C(OCC)C(OCC)=C1C(=O)c1ccccc1. The molecule has 1 aromatic rings. The number of allylic oxidation sites excluding steroid dienone is 1. The molecule has 1 unspecified atom stereocenters. The quantitative estimate of drug-likeness (QED) is 0.467. The second kappa shape index (κ2) is 9.73. The molecule has 0 heterocycles. The van der Waals surface area contributed by atoms with Gasteiger partial charge >= 0.3 is 0 Å². The molecule has 7 nitrogen and oxygen atoms in total. The number of ketones is 1. The first-order chi connectivity index (χ1) is 13.4. The van der Waals surface area contributed by atoms with E-state index in [0.29, 0.717) is 32.0 Å². The minimum Gasteiger partial charge on any atom is -0.494 e. The predicted molar refractivity (Wildman–Crippen MR) is 106 cm³/mol. The summed E-state index contributed by atoms with van der Waals surface area (Å²) in [5, 5.41) is 0. The fourth-order valence-corrected chi connectivity index (χ4v) is 3.14. The molecule has 154 valence electrons. The van der Waals surface area contributed by atoms with E-state index in [1.54, 1.807) is 24.3 Å². The summed E-state index contributed by atoms with van der Waals surface area (Å²) < 4.78 is 23.3. The van der Waals surface area contributed by atoms with E-state index in [9.17, 15) is 4.79 Å². The van der Waals surface area contributed by atoms with Crippen LogP contribution in [0.3, 0.4) is 0 Å². The fraction of sp³-hybridized carbons (Fsp3) is 0.476. The van der Waals surface area contributed by atoms with Gasteiger partial charge in [0, 0.05) is 12.2 Å². The normalized spacial score (nSPS) is 18.9. The van der Waals surface area contributed by atoms with E-state index in [4.69, 9.17) is 30.4 Å². The van der Waals surface area contributed by atoms with E-state index in [2.05, 4.69) is 0 Å². The number of hydrogen-bond acceptors (Lipinski definition) is 7. The highest BCUT2D eigenvalue weighted by Gasteiger charge is 2.50. The van der Waals surface area contributed by atoms with Crippen molar-refractivity contribution in [2.45, 2.75) is 39.5 Å². The molecule has 0 aliphatic heterocycles. The lowest BCUT2D eigenvalue weighted by molar-refractivity contribution is -0.0260. The monoisotopic (exact) mass is 390 g/mol. The first-order valence-corrected chi connectivity index (χ1v) is 9.60. The summed E-state index contributed by atoms with van der Waals surface area (Å²) in [5.41, 5.74) is 12.0. The summed E-state index contributed by atoms with van der Waals surface area (Å²) >= 11 is 0. The topological polar surface area (TPSA) is 106 Å². The van der Waals surface area contributed by atoms with Crippen molar-refractivity contribution < 1.29 is 23.7 Å². The fourth-order valence-electron chi connectivity index (χ4n) is 3.14. The van der Waals surface area contributed by atoms with Gasteiger partial charge in [-0.3, -0.25) is 4.79 Å². The third kappa shape index (κ3) is 4.22. The highest BCUT2D eigenvalue weighted by molar-refractivity contribution is 6.12. The van der Waals surface area contributed by atoms with Gasteiger partial charge in [-0.1, -0.05) is 30.3 Å². The van der Waals surface area contributed by atoms with Gasteiger partial charge < -0.3 is 30.4 Å². The minimum absolute atomic E-state index is 0.179. The van der Waals surface area contributed by atoms with Crippen LogP contribution < -0.4 is 11.5 Å². The van der Waals surface area contributed by atoms with E-state index in [0.717, 1.165) is 0 Å². The zero-order valence-electron chi connectivity index (χ0n) is 17.0. The molecule has 0 saturated heterocycles. The van der Waals surface area contributed by atoms with Gasteiger partial charge in [-0.15, -0.1) is 0 Å². The third-order valence-corrected chi connectivity index (χ3v) is 4.22. The van der Waals surface area contributed by atoms with E-state index in [1.807, 2.05) is 33.8 Å². The molecule has 0 radical (unpaired) electrons. The number of carbonyl (C=O) groups excluding carboxylic acids is 1. The van der Waals surface area contributed by atoms with Gasteiger partial charge in [0.05, 0.1) is 19.8 Å². The van der Waals surface area contributed by atoms with Crippen LogP contribution in [0, 0.1) is 0 Å². The Balaban J connectivity index is 2.78. The first kappa shape index (κ1) is 21.9. The second-order valence-corrected chi connectivity index (χ2v) is 6.16. The number of nitrogens with two attached hydrogens (primary N) is 2. The third-order valence-electron chi connectivity index (χ3n) is 4.22. The smallest absolute Gasteiger partial charge is 0.200 e. The van der Waals surface area contributed by atoms with Gasteiger partial charge in [0.1, 0.15) is 11.3 Å². The maximum absolute atomic E-state index is 13.4. The number of carbonyl (C=O) groups is 1. The van der Waals surface area contributed by atoms with Crippen LogP contribution >= 0.6 is 0 Å². The summed E-state index contributed by atoms with van der Waals surface area (Å²) in [4.78, 5) is 13.4. The van der Waals surface area contributed by atoms with Crippen molar-refractivity contribution in [1.82, 2.24) is 0 Å². The molecule has 1 atom stereocenters. The number of hydrogen-bond donors (Lipinski definition) is 2. The minimum atomic E-state index is -1.55. The van der Waals surface area contributed by atoms with Crippen molar-refractivity contribution in [2.24, 2.45) is 11.5 Å². The maximum Gasteiger partial charge on any atom is 0.200 e. The van der Waals surface area contributed by atoms with Gasteiger partial charge in [0.25, 0.3) is 0 Å². The molecule has 0 saturated carbocycles. The Kier molecular flexibility index (Phi) is 7.62. The molecule has 28 heavy (non-hydrogen) atoms. The Morgan fingerprint density at radius 3 is 2.07 bits per heavy atom. The number of benzene rings is 1. The van der Waals surface area contributed by atoms with Crippen molar-refractivity contribution in [2.75, 3.05) is 26.4 Å². The van der Waals surface area contributed by atoms with Crippen LogP contribution in [0.5, 0.6) is 0 Å². The van der Waals surface area contributed by atoms with Crippen LogP contribution in [0.1, 0.15) is 38.1 Å². The van der Waals surface area contributed by atoms with Gasteiger partial charge in [0.2, 0.25) is 0 Å². The molecular formula is C21H30N2O5. The molecule has 0 spiro atoms. The van der Waals surface area contributed by atoms with Crippen molar-refractivity contribution in [3.8, 4) is 0 Å². The van der Waals surface area contributed by atoms with E-state index in [-0.39, 0.29) is 28.6 Å². The predicted octanol–water partition coefficient (Wildman–Crippen LogP) is 2.48. The molecule has 0 bridgehead atoms. The lowest BCUT2D eigenvalue weighted by Gasteiger charge is -2.40. The Morgan fingerprint density at radius 1 is 0.929 bits per heavy atom. The zero-order valence-corrected chi connectivity index (χ0v) is 17.0. The number of ether oxygens (including phenoxy) is 4. The number of rotatable bonds is 10. The molecule has 1 aliphatic rings. The molecule has 7 heteroatoms. The number of Topliss-reactive ketones (excluding diaryl/α,β-unsaturated/α-hetero) is 1. The maximum atomic E-state index is 13.4. The van der Waals surface area contributed by atoms with Crippen molar-refractivity contribution >= 4 is 5.78 Å². The average Bonchev–Trinajstić information content (AvgIpc) is 2.68. The van der Waals surface area contributed by atoms with Crippen molar-refractivity contribution in [3.63, 3.8) is 0 Å². The Hall–Kier alpha value is -2.35.